The lowest BCUT2D eigenvalue weighted by atomic mass is 10.1. The normalized spacial score (nSPS) is 15.5. The van der Waals surface area contributed by atoms with E-state index >= 15 is 0 Å². The zero-order chi connectivity index (χ0) is 13.5. The minimum absolute atomic E-state index is 0.0788. The molecule has 1 fully saturated rings. The van der Waals surface area contributed by atoms with Crippen LogP contribution in [-0.4, -0.2) is 42.2 Å². The second-order valence-electron chi connectivity index (χ2n) is 4.49. The zero-order valence-electron chi connectivity index (χ0n) is 10.9. The molecule has 0 spiro atoms. The average Bonchev–Trinajstić information content (AvgIpc) is 2.41. The van der Waals surface area contributed by atoms with Crippen molar-refractivity contribution in [3.63, 3.8) is 0 Å². The van der Waals surface area contributed by atoms with Gasteiger partial charge in [-0.1, -0.05) is 30.0 Å². The molecule has 0 aromatic heterocycles. The molecule has 1 aliphatic rings. The van der Waals surface area contributed by atoms with Crippen molar-refractivity contribution in [2.24, 2.45) is 0 Å². The summed E-state index contributed by atoms with van der Waals surface area (Å²) in [6.07, 6.45) is 0.487. The number of carbonyl (C=O) groups excluding carboxylic acids is 1. The quantitative estimate of drug-likeness (QED) is 0.769. The van der Waals surface area contributed by atoms with E-state index in [1.165, 1.54) is 0 Å². The fourth-order valence-electron chi connectivity index (χ4n) is 2.06. The molecule has 1 amide bonds. The Labute approximate surface area is 113 Å². The van der Waals surface area contributed by atoms with Crippen molar-refractivity contribution in [1.82, 2.24) is 10.2 Å². The Morgan fingerprint density at radius 3 is 3.00 bits per heavy atom. The lowest BCUT2D eigenvalue weighted by Crippen LogP contribution is -2.47. The minimum Gasteiger partial charge on any atom is -0.395 e. The van der Waals surface area contributed by atoms with Gasteiger partial charge in [0.05, 0.1) is 13.2 Å². The van der Waals surface area contributed by atoms with Crippen molar-refractivity contribution >= 4 is 5.91 Å². The van der Waals surface area contributed by atoms with Gasteiger partial charge in [-0.05, 0) is 11.6 Å². The molecule has 1 heterocycles. The highest BCUT2D eigenvalue weighted by atomic mass is 16.2. The van der Waals surface area contributed by atoms with Crippen molar-refractivity contribution in [2.45, 2.75) is 13.0 Å². The third-order valence-corrected chi connectivity index (χ3v) is 2.99. The Bertz CT molecular complexity index is 502. The van der Waals surface area contributed by atoms with Gasteiger partial charge in [-0.15, -0.1) is 0 Å². The monoisotopic (exact) mass is 258 g/mol. The van der Waals surface area contributed by atoms with Gasteiger partial charge in [0.25, 0.3) is 0 Å². The molecule has 0 radical (unpaired) electrons. The van der Waals surface area contributed by atoms with Crippen LogP contribution in [0.2, 0.25) is 0 Å². The predicted molar refractivity (Wildman–Crippen MR) is 73.3 cm³/mol. The third kappa shape index (κ3) is 4.09. The van der Waals surface area contributed by atoms with Gasteiger partial charge in [0.2, 0.25) is 5.91 Å². The first-order valence-corrected chi connectivity index (χ1v) is 6.46. The Morgan fingerprint density at radius 1 is 1.37 bits per heavy atom. The number of nitrogens with zero attached hydrogens (tertiary/aromatic N) is 1. The summed E-state index contributed by atoms with van der Waals surface area (Å²) < 4.78 is 0. The molecule has 0 atom stereocenters. The summed E-state index contributed by atoms with van der Waals surface area (Å²) in [7, 11) is 0. The highest BCUT2D eigenvalue weighted by molar-refractivity contribution is 5.78. The van der Waals surface area contributed by atoms with Crippen molar-refractivity contribution in [2.75, 3.05) is 26.2 Å². The van der Waals surface area contributed by atoms with Crippen LogP contribution in [0.1, 0.15) is 17.5 Å². The second-order valence-corrected chi connectivity index (χ2v) is 4.49. The molecule has 19 heavy (non-hydrogen) atoms. The first-order valence-electron chi connectivity index (χ1n) is 6.46. The summed E-state index contributed by atoms with van der Waals surface area (Å²) in [6.45, 7) is 2.83. The van der Waals surface area contributed by atoms with Crippen LogP contribution in [0.3, 0.4) is 0 Å². The minimum atomic E-state index is 0.0788. The number of rotatable bonds is 3. The maximum absolute atomic E-state index is 11.4. The van der Waals surface area contributed by atoms with Crippen molar-refractivity contribution in [3.8, 4) is 11.8 Å². The first kappa shape index (κ1) is 13.6. The summed E-state index contributed by atoms with van der Waals surface area (Å²) in [5.74, 6) is 6.10. The van der Waals surface area contributed by atoms with E-state index in [2.05, 4.69) is 22.1 Å². The molecular weight excluding hydrogens is 240 g/mol. The number of piperazine rings is 1. The Balaban J connectivity index is 2.07. The van der Waals surface area contributed by atoms with Crippen LogP contribution in [-0.2, 0) is 11.3 Å². The van der Waals surface area contributed by atoms with Crippen molar-refractivity contribution < 1.29 is 9.90 Å². The highest BCUT2D eigenvalue weighted by Crippen LogP contribution is 2.11. The van der Waals surface area contributed by atoms with E-state index in [0.29, 0.717) is 19.5 Å². The molecule has 0 unspecified atom stereocenters. The van der Waals surface area contributed by atoms with Gasteiger partial charge in [0.15, 0.2) is 0 Å². The third-order valence-electron chi connectivity index (χ3n) is 2.99. The van der Waals surface area contributed by atoms with Gasteiger partial charge in [-0.3, -0.25) is 9.69 Å². The summed E-state index contributed by atoms with van der Waals surface area (Å²) in [4.78, 5) is 13.5. The van der Waals surface area contributed by atoms with Gasteiger partial charge >= 0.3 is 0 Å². The number of carbonyl (C=O) groups is 1. The molecule has 4 heteroatoms. The van der Waals surface area contributed by atoms with Crippen molar-refractivity contribution in [3.05, 3.63) is 35.4 Å². The number of amides is 1. The lowest BCUT2D eigenvalue weighted by Gasteiger charge is -2.26. The molecule has 1 saturated heterocycles. The number of hydrogen-bond acceptors (Lipinski definition) is 3. The van der Waals surface area contributed by atoms with E-state index in [-0.39, 0.29) is 12.5 Å². The molecule has 100 valence electrons. The van der Waals surface area contributed by atoms with Crippen LogP contribution in [0.15, 0.2) is 24.3 Å². The molecule has 1 aromatic carbocycles. The standard InChI is InChI=1S/C15H18N2O2/c18-10-4-3-6-13-5-1-2-7-14(13)11-17-9-8-16-15(19)12-17/h1-2,5,7,18H,4,8-12H2,(H,16,19). The van der Waals surface area contributed by atoms with Gasteiger partial charge in [-0.2, -0.15) is 0 Å². The van der Waals surface area contributed by atoms with Crippen molar-refractivity contribution in [1.29, 1.82) is 0 Å². The molecule has 2 N–H and O–H groups in total. The molecule has 4 nitrogen and oxygen atoms in total. The summed E-state index contributed by atoms with van der Waals surface area (Å²) in [6, 6.07) is 7.95. The van der Waals surface area contributed by atoms with E-state index in [0.717, 1.165) is 24.2 Å². The summed E-state index contributed by atoms with van der Waals surface area (Å²) >= 11 is 0. The van der Waals surface area contributed by atoms with E-state index in [9.17, 15) is 4.79 Å². The summed E-state index contributed by atoms with van der Waals surface area (Å²) in [5.41, 5.74) is 2.10. The van der Waals surface area contributed by atoms with Crippen LogP contribution in [0.25, 0.3) is 0 Å². The fraction of sp³-hybridized carbons (Fsp3) is 0.400. The molecule has 0 aliphatic carbocycles. The number of hydrogen-bond donors (Lipinski definition) is 2. The van der Waals surface area contributed by atoms with E-state index in [1.807, 2.05) is 24.3 Å². The molecule has 0 bridgehead atoms. The maximum atomic E-state index is 11.4. The van der Waals surface area contributed by atoms with Gasteiger partial charge in [0, 0.05) is 31.6 Å². The number of nitrogens with one attached hydrogen (secondary N) is 1. The number of aliphatic hydroxyl groups is 1. The average molecular weight is 258 g/mol. The molecule has 1 aromatic rings. The van der Waals surface area contributed by atoms with Gasteiger partial charge in [-0.25, -0.2) is 0 Å². The number of benzene rings is 1. The second kappa shape index (κ2) is 6.93. The fourth-order valence-corrected chi connectivity index (χ4v) is 2.06. The summed E-state index contributed by atoms with van der Waals surface area (Å²) in [5, 5.41) is 11.6. The first-order chi connectivity index (χ1) is 9.29. The SMILES string of the molecule is O=C1CN(Cc2ccccc2C#CCCO)CCN1. The van der Waals surface area contributed by atoms with Gasteiger partial charge in [0.1, 0.15) is 0 Å². The highest BCUT2D eigenvalue weighted by Gasteiger charge is 2.16. The van der Waals surface area contributed by atoms with Gasteiger partial charge < -0.3 is 10.4 Å². The largest absolute Gasteiger partial charge is 0.395 e. The van der Waals surface area contributed by atoms with Crippen LogP contribution < -0.4 is 5.32 Å². The van der Waals surface area contributed by atoms with Crippen LogP contribution in [0.4, 0.5) is 0 Å². The van der Waals surface area contributed by atoms with E-state index < -0.39 is 0 Å². The predicted octanol–water partition coefficient (Wildman–Crippen LogP) is 0.352. The molecular formula is C15H18N2O2. The molecule has 0 saturated carbocycles. The Kier molecular flexibility index (Phi) is 4.96. The van der Waals surface area contributed by atoms with E-state index in [4.69, 9.17) is 5.11 Å². The van der Waals surface area contributed by atoms with Crippen LogP contribution in [0, 0.1) is 11.8 Å². The molecule has 2 rings (SSSR count). The Hall–Kier alpha value is -1.83. The Morgan fingerprint density at radius 2 is 2.21 bits per heavy atom. The number of aliphatic hydroxyl groups excluding tert-OH is 1. The van der Waals surface area contributed by atoms with Crippen LogP contribution in [0.5, 0.6) is 0 Å². The zero-order valence-corrected chi connectivity index (χ0v) is 10.9. The van der Waals surface area contributed by atoms with E-state index in [1.54, 1.807) is 0 Å². The topological polar surface area (TPSA) is 52.6 Å². The van der Waals surface area contributed by atoms with Crippen LogP contribution >= 0.6 is 0 Å². The molecule has 1 aliphatic heterocycles. The maximum Gasteiger partial charge on any atom is 0.234 e. The smallest absolute Gasteiger partial charge is 0.234 e. The lowest BCUT2D eigenvalue weighted by molar-refractivity contribution is -0.124.